The molecule has 1 saturated heterocycles. The van der Waals surface area contributed by atoms with Crippen molar-refractivity contribution in [2.45, 2.75) is 13.5 Å². The van der Waals surface area contributed by atoms with Gasteiger partial charge >= 0.3 is 0 Å². The van der Waals surface area contributed by atoms with Crippen LogP contribution in [0.4, 0.5) is 0 Å². The number of rotatable bonds is 5. The first kappa shape index (κ1) is 16.4. The summed E-state index contributed by atoms with van der Waals surface area (Å²) < 4.78 is 1.99. The van der Waals surface area contributed by atoms with Gasteiger partial charge in [0, 0.05) is 55.7 Å². The molecule has 0 spiro atoms. The van der Waals surface area contributed by atoms with Gasteiger partial charge in [-0.05, 0) is 13.0 Å². The number of nitrogens with one attached hydrogen (secondary N) is 2. The van der Waals surface area contributed by atoms with Gasteiger partial charge in [0.2, 0.25) is 5.91 Å². The quantitative estimate of drug-likeness (QED) is 0.732. The molecule has 3 aromatic rings. The minimum atomic E-state index is -0.131. The lowest BCUT2D eigenvalue weighted by Crippen LogP contribution is -2.55. The van der Waals surface area contributed by atoms with Gasteiger partial charge in [0.25, 0.3) is 5.91 Å². The fourth-order valence-corrected chi connectivity index (χ4v) is 3.31. The Morgan fingerprint density at radius 2 is 2.12 bits per heavy atom. The number of aryl methyl sites for hydroxylation is 1. The highest BCUT2D eigenvalue weighted by molar-refractivity contribution is 6.07. The number of likely N-dealkylation sites (tertiary alicyclic amines) is 1. The van der Waals surface area contributed by atoms with Crippen LogP contribution in [0.3, 0.4) is 0 Å². The zero-order valence-electron chi connectivity index (χ0n) is 14.6. The molecule has 7 nitrogen and oxygen atoms in total. The summed E-state index contributed by atoms with van der Waals surface area (Å²) in [5.41, 5.74) is 1.61. The van der Waals surface area contributed by atoms with E-state index in [4.69, 9.17) is 0 Å². The molecule has 1 fully saturated rings. The Balaban J connectivity index is 1.28. The lowest BCUT2D eigenvalue weighted by molar-refractivity contribution is -0.129. The van der Waals surface area contributed by atoms with Crippen molar-refractivity contribution >= 4 is 22.7 Å². The number of carbonyl (C=O) groups excluding carboxylic acids is 2. The van der Waals surface area contributed by atoms with E-state index in [9.17, 15) is 9.59 Å². The van der Waals surface area contributed by atoms with Crippen molar-refractivity contribution in [3.05, 3.63) is 54.2 Å². The average molecular weight is 351 g/mol. The summed E-state index contributed by atoms with van der Waals surface area (Å²) in [5, 5.41) is 3.86. The highest BCUT2D eigenvalue weighted by Gasteiger charge is 2.36. The number of benzene rings is 1. The molecule has 0 atom stereocenters. The summed E-state index contributed by atoms with van der Waals surface area (Å²) in [6.07, 6.45) is 5.39. The second-order valence-corrected chi connectivity index (χ2v) is 6.61. The van der Waals surface area contributed by atoms with Crippen molar-refractivity contribution in [2.75, 3.05) is 19.6 Å². The van der Waals surface area contributed by atoms with Crippen molar-refractivity contribution in [3.63, 3.8) is 0 Å². The Bertz CT molecular complexity index is 952. The van der Waals surface area contributed by atoms with Gasteiger partial charge in [0.05, 0.1) is 11.5 Å². The topological polar surface area (TPSA) is 83.0 Å². The smallest absolute Gasteiger partial charge is 0.256 e. The number of H-pyrrole nitrogens is 1. The Morgan fingerprint density at radius 3 is 2.88 bits per heavy atom. The molecule has 3 heterocycles. The number of hydrogen-bond donors (Lipinski definition) is 2. The number of carbonyl (C=O) groups is 2. The maximum atomic E-state index is 12.6. The van der Waals surface area contributed by atoms with Crippen molar-refractivity contribution in [1.29, 1.82) is 0 Å². The fourth-order valence-electron chi connectivity index (χ4n) is 3.31. The normalized spacial score (nSPS) is 14.4. The van der Waals surface area contributed by atoms with Gasteiger partial charge in [-0.3, -0.25) is 9.59 Å². The molecule has 0 aliphatic carbocycles. The Kier molecular flexibility index (Phi) is 4.20. The van der Waals surface area contributed by atoms with Crippen molar-refractivity contribution in [3.8, 4) is 0 Å². The molecule has 1 aliphatic rings. The van der Waals surface area contributed by atoms with Gasteiger partial charge in [-0.2, -0.15) is 0 Å². The van der Waals surface area contributed by atoms with E-state index in [1.54, 1.807) is 17.3 Å². The molecular weight excluding hydrogens is 330 g/mol. The average Bonchev–Trinajstić information content (AvgIpc) is 3.20. The minimum absolute atomic E-state index is 0.00532. The predicted molar refractivity (Wildman–Crippen MR) is 97.7 cm³/mol. The summed E-state index contributed by atoms with van der Waals surface area (Å²) in [4.78, 5) is 33.9. The van der Waals surface area contributed by atoms with Crippen LogP contribution in [-0.4, -0.2) is 50.9 Å². The van der Waals surface area contributed by atoms with E-state index >= 15 is 0 Å². The predicted octanol–water partition coefficient (Wildman–Crippen LogP) is 1.56. The molecule has 1 aliphatic heterocycles. The van der Waals surface area contributed by atoms with Crippen LogP contribution < -0.4 is 5.32 Å². The number of para-hydroxylation sites is 1. The molecule has 0 saturated carbocycles. The van der Waals surface area contributed by atoms with Crippen molar-refractivity contribution in [1.82, 2.24) is 24.8 Å². The van der Waals surface area contributed by atoms with Crippen LogP contribution >= 0.6 is 0 Å². The monoisotopic (exact) mass is 351 g/mol. The van der Waals surface area contributed by atoms with Crippen LogP contribution in [0.1, 0.15) is 16.2 Å². The van der Waals surface area contributed by atoms with Crippen molar-refractivity contribution < 1.29 is 9.59 Å². The SMILES string of the molecule is Cc1nccn1CCNC(=O)C1CN(C(=O)c2c[nH]c3ccccc23)C1. The van der Waals surface area contributed by atoms with E-state index in [1.165, 1.54) is 0 Å². The van der Waals surface area contributed by atoms with Gasteiger partial charge in [0.1, 0.15) is 5.82 Å². The largest absolute Gasteiger partial charge is 0.360 e. The Labute approximate surface area is 151 Å². The van der Waals surface area contributed by atoms with Crippen LogP contribution in [0.5, 0.6) is 0 Å². The summed E-state index contributed by atoms with van der Waals surface area (Å²) in [6.45, 7) is 4.12. The minimum Gasteiger partial charge on any atom is -0.360 e. The number of hydrogen-bond acceptors (Lipinski definition) is 3. The standard InChI is InChI=1S/C19H21N5O2/c1-13-20-6-8-23(13)9-7-21-18(25)14-11-24(12-14)19(26)16-10-22-17-5-3-2-4-15(16)17/h2-6,8,10,14,22H,7,9,11-12H2,1H3,(H,21,25). The van der Waals surface area contributed by atoms with E-state index < -0.39 is 0 Å². The molecule has 2 amide bonds. The Morgan fingerprint density at radius 1 is 1.31 bits per heavy atom. The summed E-state index contributed by atoms with van der Waals surface area (Å²) in [6, 6.07) is 7.73. The lowest BCUT2D eigenvalue weighted by Gasteiger charge is -2.38. The van der Waals surface area contributed by atoms with E-state index in [0.717, 1.165) is 16.7 Å². The molecule has 2 N–H and O–H groups in total. The third-order valence-electron chi connectivity index (χ3n) is 4.93. The van der Waals surface area contributed by atoms with E-state index in [0.29, 0.717) is 31.7 Å². The first-order chi connectivity index (χ1) is 12.6. The zero-order chi connectivity index (χ0) is 18.1. The van der Waals surface area contributed by atoms with Gasteiger partial charge in [-0.1, -0.05) is 18.2 Å². The van der Waals surface area contributed by atoms with Crippen LogP contribution in [0, 0.1) is 12.8 Å². The number of aromatic amines is 1. The molecule has 0 radical (unpaired) electrons. The molecule has 0 unspecified atom stereocenters. The summed E-state index contributed by atoms with van der Waals surface area (Å²) in [7, 11) is 0. The molecule has 0 bridgehead atoms. The first-order valence-corrected chi connectivity index (χ1v) is 8.74. The van der Waals surface area contributed by atoms with Gasteiger partial charge in [-0.15, -0.1) is 0 Å². The fraction of sp³-hybridized carbons (Fsp3) is 0.316. The second-order valence-electron chi connectivity index (χ2n) is 6.61. The third-order valence-corrected chi connectivity index (χ3v) is 4.93. The molecule has 134 valence electrons. The molecular formula is C19H21N5O2. The van der Waals surface area contributed by atoms with Gasteiger partial charge in [0.15, 0.2) is 0 Å². The molecule has 2 aromatic heterocycles. The lowest BCUT2D eigenvalue weighted by atomic mass is 9.97. The van der Waals surface area contributed by atoms with Gasteiger partial charge in [-0.25, -0.2) is 4.98 Å². The van der Waals surface area contributed by atoms with Crippen LogP contribution in [-0.2, 0) is 11.3 Å². The highest BCUT2D eigenvalue weighted by Crippen LogP contribution is 2.24. The molecule has 1 aromatic carbocycles. The highest BCUT2D eigenvalue weighted by atomic mass is 16.2. The molecule has 4 rings (SSSR count). The number of fused-ring (bicyclic) bond motifs is 1. The van der Waals surface area contributed by atoms with Crippen LogP contribution in [0.15, 0.2) is 42.9 Å². The van der Waals surface area contributed by atoms with E-state index in [2.05, 4.69) is 15.3 Å². The zero-order valence-corrected chi connectivity index (χ0v) is 14.6. The third kappa shape index (κ3) is 2.96. The van der Waals surface area contributed by atoms with Crippen LogP contribution in [0.25, 0.3) is 10.9 Å². The number of imidazole rings is 1. The summed E-state index contributed by atoms with van der Waals surface area (Å²) >= 11 is 0. The number of aromatic nitrogens is 3. The van der Waals surface area contributed by atoms with Crippen LogP contribution in [0.2, 0.25) is 0 Å². The Hall–Kier alpha value is -3.09. The second kappa shape index (κ2) is 6.67. The number of amides is 2. The van der Waals surface area contributed by atoms with Gasteiger partial charge < -0.3 is 19.8 Å². The van der Waals surface area contributed by atoms with Crippen molar-refractivity contribution in [2.24, 2.45) is 5.92 Å². The first-order valence-electron chi connectivity index (χ1n) is 8.74. The van der Waals surface area contributed by atoms with E-state index in [-0.39, 0.29) is 17.7 Å². The summed E-state index contributed by atoms with van der Waals surface area (Å²) in [5.74, 6) is 0.776. The maximum Gasteiger partial charge on any atom is 0.256 e. The number of nitrogens with zero attached hydrogens (tertiary/aromatic N) is 3. The molecule has 7 heteroatoms. The van der Waals surface area contributed by atoms with E-state index in [1.807, 2.05) is 42.0 Å². The maximum absolute atomic E-state index is 12.6. The molecule has 26 heavy (non-hydrogen) atoms.